The number of carbonyl (C=O) groups excluding carboxylic acids is 1. The molecule has 1 aromatic rings. The summed E-state index contributed by atoms with van der Waals surface area (Å²) >= 11 is 0. The summed E-state index contributed by atoms with van der Waals surface area (Å²) in [5, 5.41) is 2.92. The topological polar surface area (TPSA) is 100 Å². The number of aliphatic imine (C=N–C) groups is 3. The van der Waals surface area contributed by atoms with E-state index in [9.17, 15) is 4.79 Å². The molecular formula is C26H34N6O4. The number of allylic oxidation sites excluding steroid dienone is 2. The van der Waals surface area contributed by atoms with E-state index in [1.165, 1.54) is 6.21 Å². The lowest BCUT2D eigenvalue weighted by molar-refractivity contribution is -0.115. The number of amides is 1. The number of nitrogens with one attached hydrogen (secondary N) is 1. The van der Waals surface area contributed by atoms with Crippen molar-refractivity contribution in [2.24, 2.45) is 15.0 Å². The highest BCUT2D eigenvalue weighted by molar-refractivity contribution is 6.23. The Morgan fingerprint density at radius 3 is 2.83 bits per heavy atom. The van der Waals surface area contributed by atoms with Crippen molar-refractivity contribution in [3.63, 3.8) is 0 Å². The van der Waals surface area contributed by atoms with Gasteiger partial charge in [-0.2, -0.15) is 0 Å². The smallest absolute Gasteiger partial charge is 0.259 e. The molecule has 1 fully saturated rings. The maximum atomic E-state index is 13.0. The molecule has 1 N–H and O–H groups in total. The molecule has 3 heterocycles. The van der Waals surface area contributed by atoms with Crippen LogP contribution in [0, 0.1) is 0 Å². The van der Waals surface area contributed by atoms with Crippen molar-refractivity contribution in [1.82, 2.24) is 15.1 Å². The number of hydrogen-bond donors (Lipinski definition) is 1. The molecule has 0 bridgehead atoms. The Morgan fingerprint density at radius 1 is 1.31 bits per heavy atom. The van der Waals surface area contributed by atoms with Gasteiger partial charge in [-0.25, -0.2) is 4.99 Å². The number of fused-ring (bicyclic) bond motifs is 3. The monoisotopic (exact) mass is 494 g/mol. The van der Waals surface area contributed by atoms with Gasteiger partial charge in [0.1, 0.15) is 11.5 Å². The molecule has 0 radical (unpaired) electrons. The van der Waals surface area contributed by atoms with E-state index >= 15 is 0 Å². The predicted molar refractivity (Wildman–Crippen MR) is 141 cm³/mol. The molecule has 4 rings (SSSR count). The van der Waals surface area contributed by atoms with Gasteiger partial charge in [0.15, 0.2) is 11.5 Å². The van der Waals surface area contributed by atoms with E-state index in [1.54, 1.807) is 27.0 Å². The Labute approximate surface area is 212 Å². The van der Waals surface area contributed by atoms with Crippen LogP contribution in [0.5, 0.6) is 11.5 Å². The molecule has 3 aliphatic rings. The zero-order chi connectivity index (χ0) is 25.5. The van der Waals surface area contributed by atoms with Crippen LogP contribution in [0.1, 0.15) is 25.8 Å². The Kier molecular flexibility index (Phi) is 8.50. The summed E-state index contributed by atoms with van der Waals surface area (Å²) in [7, 11) is 1.60. The molecule has 0 aromatic heterocycles. The minimum atomic E-state index is -0.314. The largest absolute Gasteiger partial charge is 0.491 e. The van der Waals surface area contributed by atoms with Gasteiger partial charge in [-0.15, -0.1) is 0 Å². The van der Waals surface area contributed by atoms with Crippen molar-refractivity contribution in [2.45, 2.75) is 20.3 Å². The van der Waals surface area contributed by atoms with E-state index in [2.05, 4.69) is 26.8 Å². The van der Waals surface area contributed by atoms with E-state index in [1.807, 2.05) is 17.0 Å². The minimum absolute atomic E-state index is 0.314. The quantitative estimate of drug-likeness (QED) is 0.322. The number of amidine groups is 1. The third-order valence-corrected chi connectivity index (χ3v) is 6.06. The number of guanidine groups is 1. The summed E-state index contributed by atoms with van der Waals surface area (Å²) in [5.74, 6) is 1.97. The standard InChI is InChI=1S/C26H34N6O4/c1-5-19(17-28-18(2)3)25(33)30-26-29-22-20(24-27-9-11-32(24)26)7-8-21(23(22)34-4)36-14-6-10-31-12-15-35-16-13-31/h5,7-8,17H,2,6,9-16H2,1,3-4H3,(H,29,30,33)/b19-5+,28-17-. The fourth-order valence-electron chi connectivity index (χ4n) is 4.21. The van der Waals surface area contributed by atoms with Gasteiger partial charge < -0.3 is 14.2 Å². The molecule has 36 heavy (non-hydrogen) atoms. The summed E-state index contributed by atoms with van der Waals surface area (Å²) in [6.45, 7) is 13.5. The first kappa shape index (κ1) is 25.6. The van der Waals surface area contributed by atoms with Crippen LogP contribution in [-0.2, 0) is 9.53 Å². The molecule has 3 aliphatic heterocycles. The fraction of sp³-hybridized carbons (Fsp3) is 0.462. The van der Waals surface area contributed by atoms with Gasteiger partial charge in [0.2, 0.25) is 5.96 Å². The molecule has 192 valence electrons. The third-order valence-electron chi connectivity index (χ3n) is 6.06. The van der Waals surface area contributed by atoms with E-state index in [0.29, 0.717) is 54.1 Å². The van der Waals surface area contributed by atoms with E-state index in [0.717, 1.165) is 50.7 Å². The molecule has 1 aromatic carbocycles. The van der Waals surface area contributed by atoms with Crippen LogP contribution in [-0.4, -0.2) is 93.4 Å². The second-order valence-electron chi connectivity index (χ2n) is 8.63. The summed E-state index contributed by atoms with van der Waals surface area (Å²) in [6, 6.07) is 3.85. The lowest BCUT2D eigenvalue weighted by Crippen LogP contribution is -2.48. The third kappa shape index (κ3) is 5.83. The van der Waals surface area contributed by atoms with E-state index < -0.39 is 0 Å². The number of nitrogens with zero attached hydrogens (tertiary/aromatic N) is 5. The summed E-state index contributed by atoms with van der Waals surface area (Å²) in [5.41, 5.74) is 2.46. The number of hydrogen-bond acceptors (Lipinski definition) is 9. The van der Waals surface area contributed by atoms with Crippen molar-refractivity contribution in [2.75, 3.05) is 59.7 Å². The average Bonchev–Trinajstić information content (AvgIpc) is 3.38. The van der Waals surface area contributed by atoms with Gasteiger partial charge in [0.25, 0.3) is 5.91 Å². The lowest BCUT2D eigenvalue weighted by Gasteiger charge is -2.29. The molecule has 10 nitrogen and oxygen atoms in total. The Morgan fingerprint density at radius 2 is 2.11 bits per heavy atom. The van der Waals surface area contributed by atoms with Crippen LogP contribution in [0.25, 0.3) is 0 Å². The number of carbonyl (C=O) groups is 1. The van der Waals surface area contributed by atoms with Crippen LogP contribution in [0.15, 0.2) is 51.0 Å². The van der Waals surface area contributed by atoms with Crippen LogP contribution in [0.4, 0.5) is 5.69 Å². The van der Waals surface area contributed by atoms with Crippen LogP contribution in [0.2, 0.25) is 0 Å². The number of benzene rings is 1. The van der Waals surface area contributed by atoms with Crippen molar-refractivity contribution >= 4 is 29.6 Å². The van der Waals surface area contributed by atoms with Crippen molar-refractivity contribution in [1.29, 1.82) is 0 Å². The van der Waals surface area contributed by atoms with Crippen molar-refractivity contribution < 1.29 is 19.0 Å². The highest BCUT2D eigenvalue weighted by Crippen LogP contribution is 2.43. The van der Waals surface area contributed by atoms with Gasteiger partial charge in [-0.3, -0.25) is 29.9 Å². The van der Waals surface area contributed by atoms with Gasteiger partial charge in [-0.05, 0) is 32.4 Å². The zero-order valence-electron chi connectivity index (χ0n) is 21.2. The van der Waals surface area contributed by atoms with Gasteiger partial charge in [0, 0.05) is 43.7 Å². The van der Waals surface area contributed by atoms with E-state index in [-0.39, 0.29) is 5.91 Å². The first-order valence-electron chi connectivity index (χ1n) is 12.2. The number of ether oxygens (including phenoxy) is 3. The molecule has 0 aliphatic carbocycles. The first-order valence-corrected chi connectivity index (χ1v) is 12.2. The Bertz CT molecular complexity index is 1120. The van der Waals surface area contributed by atoms with Crippen molar-refractivity contribution in [3.05, 3.63) is 41.6 Å². The number of rotatable bonds is 9. The van der Waals surface area contributed by atoms with Crippen molar-refractivity contribution in [3.8, 4) is 11.5 Å². The maximum Gasteiger partial charge on any atom is 0.259 e. The highest BCUT2D eigenvalue weighted by atomic mass is 16.5. The molecule has 1 amide bonds. The SMILES string of the molecule is C=C(C)/N=C\C(=C/C)C(=O)NC1=Nc2c(ccc(OCCCN3CCOCC3)c2OC)C2=NCCN12. The molecule has 0 spiro atoms. The second kappa shape index (κ2) is 12.0. The first-order chi connectivity index (χ1) is 17.5. The van der Waals surface area contributed by atoms with Gasteiger partial charge >= 0.3 is 0 Å². The molecule has 0 saturated carbocycles. The molecular weight excluding hydrogens is 460 g/mol. The van der Waals surface area contributed by atoms with Crippen LogP contribution >= 0.6 is 0 Å². The Hall–Kier alpha value is -3.50. The zero-order valence-corrected chi connectivity index (χ0v) is 21.2. The highest BCUT2D eigenvalue weighted by Gasteiger charge is 2.33. The minimum Gasteiger partial charge on any atom is -0.491 e. The van der Waals surface area contributed by atoms with Crippen LogP contribution in [0.3, 0.4) is 0 Å². The molecule has 0 unspecified atom stereocenters. The summed E-state index contributed by atoms with van der Waals surface area (Å²) < 4.78 is 17.2. The maximum absolute atomic E-state index is 13.0. The number of methoxy groups -OCH3 is 1. The predicted octanol–water partition coefficient (Wildman–Crippen LogP) is 2.53. The average molecular weight is 495 g/mol. The second-order valence-corrected chi connectivity index (χ2v) is 8.63. The lowest BCUT2D eigenvalue weighted by atomic mass is 10.1. The number of morpholine rings is 1. The molecule has 0 atom stereocenters. The molecule has 1 saturated heterocycles. The molecule has 10 heteroatoms. The van der Waals surface area contributed by atoms with Gasteiger partial charge in [0.05, 0.1) is 39.0 Å². The summed E-state index contributed by atoms with van der Waals surface area (Å²) in [6.07, 6.45) is 4.09. The van der Waals surface area contributed by atoms with Crippen LogP contribution < -0.4 is 14.8 Å². The van der Waals surface area contributed by atoms with E-state index in [4.69, 9.17) is 19.2 Å². The Balaban J connectivity index is 1.53. The summed E-state index contributed by atoms with van der Waals surface area (Å²) in [4.78, 5) is 30.8. The van der Waals surface area contributed by atoms with Gasteiger partial charge in [-0.1, -0.05) is 12.7 Å². The fourth-order valence-corrected chi connectivity index (χ4v) is 4.21. The normalized spacial score (nSPS) is 17.9.